The van der Waals surface area contributed by atoms with Crippen molar-refractivity contribution in [3.63, 3.8) is 0 Å². The lowest BCUT2D eigenvalue weighted by Gasteiger charge is -2.29. The molecule has 5 heteroatoms. The Labute approximate surface area is 104 Å². The predicted molar refractivity (Wildman–Crippen MR) is 68.0 cm³/mol. The van der Waals surface area contributed by atoms with Gasteiger partial charge in [0, 0.05) is 58.3 Å². The Hall–Kier alpha value is -0.650. The van der Waals surface area contributed by atoms with Gasteiger partial charge < -0.3 is 15.5 Å². The van der Waals surface area contributed by atoms with Gasteiger partial charge >= 0.3 is 0 Å². The van der Waals surface area contributed by atoms with Crippen LogP contribution in [-0.4, -0.2) is 74.6 Å². The minimum atomic E-state index is 0.213. The lowest BCUT2D eigenvalue weighted by atomic mass is 10.2. The molecule has 0 aromatic rings. The van der Waals surface area contributed by atoms with E-state index in [2.05, 4.69) is 27.5 Å². The van der Waals surface area contributed by atoms with E-state index in [1.807, 2.05) is 0 Å². The summed E-state index contributed by atoms with van der Waals surface area (Å²) in [5, 5.41) is 6.38. The summed E-state index contributed by atoms with van der Waals surface area (Å²) in [7, 11) is 2.15. The molecule has 2 saturated heterocycles. The molecule has 17 heavy (non-hydrogen) atoms. The second-order valence-electron chi connectivity index (χ2n) is 5.16. The zero-order chi connectivity index (χ0) is 12.1. The van der Waals surface area contributed by atoms with E-state index in [0.29, 0.717) is 12.5 Å². The minimum absolute atomic E-state index is 0.213. The summed E-state index contributed by atoms with van der Waals surface area (Å²) < 4.78 is 0. The van der Waals surface area contributed by atoms with Gasteiger partial charge in [0.05, 0.1) is 0 Å². The molecule has 2 N–H and O–H groups in total. The van der Waals surface area contributed by atoms with Gasteiger partial charge in [0.15, 0.2) is 0 Å². The molecule has 0 spiro atoms. The van der Waals surface area contributed by atoms with Gasteiger partial charge in [0.2, 0.25) is 5.91 Å². The van der Waals surface area contributed by atoms with E-state index >= 15 is 0 Å². The summed E-state index contributed by atoms with van der Waals surface area (Å²) in [5.74, 6) is 0.213. The first-order chi connectivity index (χ1) is 8.24. The van der Waals surface area contributed by atoms with E-state index in [-0.39, 0.29) is 5.91 Å². The van der Waals surface area contributed by atoms with Crippen molar-refractivity contribution in [2.24, 2.45) is 0 Å². The summed E-state index contributed by atoms with van der Waals surface area (Å²) >= 11 is 0. The Morgan fingerprint density at radius 2 is 2.18 bits per heavy atom. The first-order valence-corrected chi connectivity index (χ1v) is 6.65. The number of nitrogens with one attached hydrogen (secondary N) is 2. The molecular weight excluding hydrogens is 216 g/mol. The van der Waals surface area contributed by atoms with E-state index < -0.39 is 0 Å². The molecule has 0 aliphatic carbocycles. The molecule has 1 unspecified atom stereocenters. The van der Waals surface area contributed by atoms with Crippen LogP contribution in [0.2, 0.25) is 0 Å². The molecule has 2 aliphatic rings. The molecule has 0 aromatic heterocycles. The lowest BCUT2D eigenvalue weighted by Crippen LogP contribution is -2.47. The standard InChI is InChI=1S/C12H24N4O/c1-15(10-11-2-3-12(17)14-11)8-9-16-6-4-13-5-7-16/h11,13H,2-10H2,1H3,(H,14,17). The van der Waals surface area contributed by atoms with Crippen molar-refractivity contribution in [3.8, 4) is 0 Å². The Morgan fingerprint density at radius 3 is 2.82 bits per heavy atom. The number of carbonyl (C=O) groups excluding carboxylic acids is 1. The van der Waals surface area contributed by atoms with Crippen molar-refractivity contribution in [1.29, 1.82) is 0 Å². The maximum absolute atomic E-state index is 11.1. The Morgan fingerprint density at radius 1 is 1.41 bits per heavy atom. The van der Waals surface area contributed by atoms with Gasteiger partial charge in [-0.3, -0.25) is 9.69 Å². The van der Waals surface area contributed by atoms with Gasteiger partial charge in [-0.2, -0.15) is 0 Å². The monoisotopic (exact) mass is 240 g/mol. The molecule has 0 bridgehead atoms. The molecule has 2 aliphatic heterocycles. The van der Waals surface area contributed by atoms with Crippen molar-refractivity contribution in [1.82, 2.24) is 20.4 Å². The summed E-state index contributed by atoms with van der Waals surface area (Å²) in [6, 6.07) is 0.371. The smallest absolute Gasteiger partial charge is 0.220 e. The highest BCUT2D eigenvalue weighted by molar-refractivity contribution is 5.78. The van der Waals surface area contributed by atoms with E-state index in [4.69, 9.17) is 0 Å². The average molecular weight is 240 g/mol. The third-order valence-corrected chi connectivity index (χ3v) is 3.62. The molecule has 2 rings (SSSR count). The molecule has 5 nitrogen and oxygen atoms in total. The van der Waals surface area contributed by atoms with Crippen molar-refractivity contribution < 1.29 is 4.79 Å². The first-order valence-electron chi connectivity index (χ1n) is 6.65. The van der Waals surface area contributed by atoms with E-state index in [9.17, 15) is 4.79 Å². The molecule has 1 atom stereocenters. The van der Waals surface area contributed by atoms with Crippen LogP contribution in [0, 0.1) is 0 Å². The van der Waals surface area contributed by atoms with E-state index in [1.165, 1.54) is 0 Å². The van der Waals surface area contributed by atoms with Crippen LogP contribution in [0.4, 0.5) is 0 Å². The van der Waals surface area contributed by atoms with Gasteiger partial charge in [-0.05, 0) is 13.5 Å². The number of carbonyl (C=O) groups is 1. The van der Waals surface area contributed by atoms with Crippen LogP contribution in [0.15, 0.2) is 0 Å². The number of amides is 1. The van der Waals surface area contributed by atoms with Crippen LogP contribution in [0.5, 0.6) is 0 Å². The fourth-order valence-corrected chi connectivity index (χ4v) is 2.53. The summed E-state index contributed by atoms with van der Waals surface area (Å²) in [4.78, 5) is 15.9. The molecule has 0 saturated carbocycles. The van der Waals surface area contributed by atoms with Crippen molar-refractivity contribution >= 4 is 5.91 Å². The largest absolute Gasteiger partial charge is 0.352 e. The molecule has 98 valence electrons. The normalized spacial score (nSPS) is 26.5. The number of likely N-dealkylation sites (N-methyl/N-ethyl adjacent to an activating group) is 1. The Kier molecular flexibility index (Phi) is 4.76. The van der Waals surface area contributed by atoms with Crippen molar-refractivity contribution in [2.75, 3.05) is 52.9 Å². The highest BCUT2D eigenvalue weighted by Crippen LogP contribution is 2.07. The third-order valence-electron chi connectivity index (χ3n) is 3.62. The Balaban J connectivity index is 1.60. The van der Waals surface area contributed by atoms with Gasteiger partial charge in [-0.15, -0.1) is 0 Å². The topological polar surface area (TPSA) is 47.6 Å². The van der Waals surface area contributed by atoms with Crippen LogP contribution >= 0.6 is 0 Å². The zero-order valence-corrected chi connectivity index (χ0v) is 10.7. The molecule has 2 heterocycles. The second kappa shape index (κ2) is 6.33. The highest BCUT2D eigenvalue weighted by atomic mass is 16.1. The fourth-order valence-electron chi connectivity index (χ4n) is 2.53. The van der Waals surface area contributed by atoms with Crippen LogP contribution in [0.3, 0.4) is 0 Å². The summed E-state index contributed by atoms with van der Waals surface area (Å²) in [6.07, 6.45) is 1.70. The quantitative estimate of drug-likeness (QED) is 0.654. The van der Waals surface area contributed by atoms with E-state index in [0.717, 1.165) is 52.2 Å². The van der Waals surface area contributed by atoms with Gasteiger partial charge in [-0.25, -0.2) is 0 Å². The van der Waals surface area contributed by atoms with Gasteiger partial charge in [0.1, 0.15) is 0 Å². The summed E-state index contributed by atoms with van der Waals surface area (Å²) in [6.45, 7) is 7.76. The number of hydrogen-bond acceptors (Lipinski definition) is 4. The highest BCUT2D eigenvalue weighted by Gasteiger charge is 2.21. The SMILES string of the molecule is CN(CCN1CCNCC1)CC1CCC(=O)N1. The predicted octanol–water partition coefficient (Wildman–Crippen LogP) is -0.898. The molecule has 1 amide bonds. The first kappa shape index (κ1) is 12.8. The lowest BCUT2D eigenvalue weighted by molar-refractivity contribution is -0.119. The van der Waals surface area contributed by atoms with Crippen LogP contribution < -0.4 is 10.6 Å². The molecule has 0 radical (unpaired) electrons. The average Bonchev–Trinajstić information content (AvgIpc) is 2.73. The summed E-state index contributed by atoms with van der Waals surface area (Å²) in [5.41, 5.74) is 0. The second-order valence-corrected chi connectivity index (χ2v) is 5.16. The van der Waals surface area contributed by atoms with Crippen molar-refractivity contribution in [2.45, 2.75) is 18.9 Å². The third kappa shape index (κ3) is 4.26. The van der Waals surface area contributed by atoms with Gasteiger partial charge in [-0.1, -0.05) is 0 Å². The van der Waals surface area contributed by atoms with Crippen LogP contribution in [-0.2, 0) is 4.79 Å². The number of hydrogen-bond donors (Lipinski definition) is 2. The number of nitrogens with zero attached hydrogens (tertiary/aromatic N) is 2. The fraction of sp³-hybridized carbons (Fsp3) is 0.917. The van der Waals surface area contributed by atoms with E-state index in [1.54, 1.807) is 0 Å². The maximum Gasteiger partial charge on any atom is 0.220 e. The maximum atomic E-state index is 11.1. The Bertz CT molecular complexity index is 253. The van der Waals surface area contributed by atoms with Crippen molar-refractivity contribution in [3.05, 3.63) is 0 Å². The van der Waals surface area contributed by atoms with Crippen LogP contribution in [0.25, 0.3) is 0 Å². The van der Waals surface area contributed by atoms with Gasteiger partial charge in [0.25, 0.3) is 0 Å². The number of rotatable bonds is 5. The molecule has 2 fully saturated rings. The molecular formula is C12H24N4O. The molecule has 0 aromatic carbocycles. The van der Waals surface area contributed by atoms with Crippen LogP contribution in [0.1, 0.15) is 12.8 Å². The minimum Gasteiger partial charge on any atom is -0.352 e. The number of piperazine rings is 1. The zero-order valence-electron chi connectivity index (χ0n) is 10.7.